The second-order valence-electron chi connectivity index (χ2n) is 6.74. The Hall–Kier alpha value is -0.680. The molecule has 1 N–H and O–H groups in total. The first-order chi connectivity index (χ1) is 8.78. The second kappa shape index (κ2) is 3.70. The molecule has 2 saturated carbocycles. The third-order valence-corrected chi connectivity index (χ3v) is 7.96. The van der Waals surface area contributed by atoms with E-state index in [1.807, 2.05) is 0 Å². The molecule has 19 heavy (non-hydrogen) atoms. The summed E-state index contributed by atoms with van der Waals surface area (Å²) in [5.41, 5.74) is -0.339. The SMILES string of the molecule is C/C=C/C(=O)C1C2CCC3(CNS(=O)(=O)[C@H]13)C2(C)C. The molecule has 106 valence electrons. The lowest BCUT2D eigenvalue weighted by molar-refractivity contribution is -0.119. The van der Waals surface area contributed by atoms with Gasteiger partial charge in [0, 0.05) is 17.9 Å². The number of rotatable bonds is 2. The Morgan fingerprint density at radius 1 is 1.37 bits per heavy atom. The van der Waals surface area contributed by atoms with Crippen LogP contribution in [0.4, 0.5) is 0 Å². The van der Waals surface area contributed by atoms with Crippen molar-refractivity contribution in [3.05, 3.63) is 12.2 Å². The molecule has 3 fully saturated rings. The van der Waals surface area contributed by atoms with Crippen molar-refractivity contribution in [3.8, 4) is 0 Å². The molecule has 1 saturated heterocycles. The number of hydrogen-bond acceptors (Lipinski definition) is 3. The number of sulfonamides is 1. The molecule has 1 aliphatic heterocycles. The molecule has 0 aromatic heterocycles. The van der Waals surface area contributed by atoms with Crippen LogP contribution in [0.25, 0.3) is 0 Å². The fourth-order valence-electron chi connectivity index (χ4n) is 5.01. The van der Waals surface area contributed by atoms with Gasteiger partial charge in [0.25, 0.3) is 0 Å². The van der Waals surface area contributed by atoms with Gasteiger partial charge in [-0.3, -0.25) is 4.79 Å². The number of ketones is 1. The largest absolute Gasteiger partial charge is 0.294 e. The van der Waals surface area contributed by atoms with E-state index in [0.29, 0.717) is 6.54 Å². The van der Waals surface area contributed by atoms with Crippen molar-refractivity contribution in [2.24, 2.45) is 22.7 Å². The van der Waals surface area contributed by atoms with E-state index < -0.39 is 15.3 Å². The van der Waals surface area contributed by atoms with Crippen molar-refractivity contribution in [1.82, 2.24) is 4.72 Å². The Bertz CT molecular complexity index is 563. The first-order valence-corrected chi connectivity index (χ1v) is 8.47. The van der Waals surface area contributed by atoms with Crippen molar-refractivity contribution in [2.45, 2.75) is 38.9 Å². The van der Waals surface area contributed by atoms with Gasteiger partial charge < -0.3 is 0 Å². The molecule has 3 aliphatic rings. The summed E-state index contributed by atoms with van der Waals surface area (Å²) in [6, 6.07) is 0. The zero-order valence-corrected chi connectivity index (χ0v) is 12.5. The van der Waals surface area contributed by atoms with E-state index in [2.05, 4.69) is 18.6 Å². The first kappa shape index (κ1) is 13.3. The molecular formula is C14H21NO3S. The summed E-state index contributed by atoms with van der Waals surface area (Å²) in [5.74, 6) is -0.183. The highest BCUT2D eigenvalue weighted by atomic mass is 32.2. The molecule has 3 rings (SSSR count). The van der Waals surface area contributed by atoms with E-state index in [1.54, 1.807) is 19.1 Å². The van der Waals surface area contributed by atoms with Crippen molar-refractivity contribution in [3.63, 3.8) is 0 Å². The van der Waals surface area contributed by atoms with Crippen LogP contribution in [0.5, 0.6) is 0 Å². The standard InChI is InChI=1S/C14H21NO3S/c1-4-5-10(16)11-9-6-7-14(13(9,2)3)8-15-19(17,18)12(11)14/h4-5,9,11-12,15H,6-8H2,1-3H3/b5-4+/t9?,11?,12-,14?/m1/s1. The van der Waals surface area contributed by atoms with Crippen LogP contribution in [0.15, 0.2) is 12.2 Å². The topological polar surface area (TPSA) is 63.2 Å². The predicted molar refractivity (Wildman–Crippen MR) is 73.0 cm³/mol. The van der Waals surface area contributed by atoms with Crippen molar-refractivity contribution >= 4 is 15.8 Å². The monoisotopic (exact) mass is 283 g/mol. The van der Waals surface area contributed by atoms with Crippen molar-refractivity contribution < 1.29 is 13.2 Å². The van der Waals surface area contributed by atoms with Crippen LogP contribution < -0.4 is 4.72 Å². The Labute approximate surface area is 114 Å². The molecule has 0 amide bonds. The number of carbonyl (C=O) groups excluding carboxylic acids is 1. The van der Waals surface area contributed by atoms with Crippen molar-refractivity contribution in [1.29, 1.82) is 0 Å². The summed E-state index contributed by atoms with van der Waals surface area (Å²) in [7, 11) is -3.35. The summed E-state index contributed by atoms with van der Waals surface area (Å²) in [6.07, 6.45) is 5.14. The van der Waals surface area contributed by atoms with Gasteiger partial charge in [0.15, 0.2) is 5.78 Å². The molecule has 4 nitrogen and oxygen atoms in total. The second-order valence-corrected chi connectivity index (χ2v) is 8.62. The van der Waals surface area contributed by atoms with Gasteiger partial charge >= 0.3 is 0 Å². The number of carbonyl (C=O) groups is 1. The molecule has 0 radical (unpaired) electrons. The van der Waals surface area contributed by atoms with Crippen LogP contribution in [0.1, 0.15) is 33.6 Å². The Balaban J connectivity index is 2.15. The maximum Gasteiger partial charge on any atom is 0.215 e. The van der Waals surface area contributed by atoms with Gasteiger partial charge in [0.1, 0.15) is 0 Å². The minimum Gasteiger partial charge on any atom is -0.294 e. The zero-order chi connectivity index (χ0) is 14.1. The summed E-state index contributed by atoms with van der Waals surface area (Å²) >= 11 is 0. The van der Waals surface area contributed by atoms with Gasteiger partial charge in [-0.1, -0.05) is 19.9 Å². The minimum absolute atomic E-state index is 0.0144. The average Bonchev–Trinajstić information content (AvgIpc) is 2.82. The molecule has 2 aliphatic carbocycles. The third-order valence-electron chi connectivity index (χ3n) is 6.00. The van der Waals surface area contributed by atoms with E-state index in [0.717, 1.165) is 12.8 Å². The highest BCUT2D eigenvalue weighted by molar-refractivity contribution is 7.90. The lowest BCUT2D eigenvalue weighted by atomic mass is 9.69. The van der Waals surface area contributed by atoms with Gasteiger partial charge in [0.05, 0.1) is 5.25 Å². The van der Waals surface area contributed by atoms with Crippen molar-refractivity contribution in [2.75, 3.05) is 6.54 Å². The van der Waals surface area contributed by atoms with Crippen LogP contribution in [-0.2, 0) is 14.8 Å². The first-order valence-electron chi connectivity index (χ1n) is 6.93. The fraction of sp³-hybridized carbons (Fsp3) is 0.786. The van der Waals surface area contributed by atoms with E-state index in [-0.39, 0.29) is 28.4 Å². The molecular weight excluding hydrogens is 262 g/mol. The fourth-order valence-corrected chi connectivity index (χ4v) is 7.45. The van der Waals surface area contributed by atoms with Gasteiger partial charge in [-0.2, -0.15) is 0 Å². The van der Waals surface area contributed by atoms with Gasteiger partial charge in [-0.15, -0.1) is 0 Å². The smallest absolute Gasteiger partial charge is 0.215 e. The number of hydrogen-bond donors (Lipinski definition) is 1. The van der Waals surface area contributed by atoms with E-state index in [4.69, 9.17) is 0 Å². The van der Waals surface area contributed by atoms with Crippen LogP contribution in [-0.4, -0.2) is 26.0 Å². The highest BCUT2D eigenvalue weighted by Crippen LogP contribution is 2.70. The zero-order valence-electron chi connectivity index (χ0n) is 11.6. The third kappa shape index (κ3) is 1.38. The Morgan fingerprint density at radius 3 is 2.68 bits per heavy atom. The quantitative estimate of drug-likeness (QED) is 0.781. The van der Waals surface area contributed by atoms with Crippen LogP contribution in [0.2, 0.25) is 0 Å². The molecule has 0 aromatic rings. The molecule has 3 unspecified atom stereocenters. The van der Waals surface area contributed by atoms with Crippen LogP contribution in [0, 0.1) is 22.7 Å². The lowest BCUT2D eigenvalue weighted by Crippen LogP contribution is -2.42. The molecule has 4 atom stereocenters. The summed E-state index contributed by atoms with van der Waals surface area (Å²) in [6.45, 7) is 6.59. The Morgan fingerprint density at radius 2 is 2.05 bits per heavy atom. The van der Waals surface area contributed by atoms with Gasteiger partial charge in [-0.25, -0.2) is 13.1 Å². The highest BCUT2D eigenvalue weighted by Gasteiger charge is 2.75. The summed E-state index contributed by atoms with van der Waals surface area (Å²) in [5, 5.41) is -0.530. The number of fused-ring (bicyclic) bond motifs is 1. The molecule has 0 aromatic carbocycles. The molecule has 2 bridgehead atoms. The van der Waals surface area contributed by atoms with E-state index in [9.17, 15) is 13.2 Å². The summed E-state index contributed by atoms with van der Waals surface area (Å²) < 4.78 is 27.4. The number of nitrogens with one attached hydrogen (secondary N) is 1. The molecule has 1 heterocycles. The van der Waals surface area contributed by atoms with E-state index in [1.165, 1.54) is 0 Å². The van der Waals surface area contributed by atoms with Crippen LogP contribution in [0.3, 0.4) is 0 Å². The van der Waals surface area contributed by atoms with Gasteiger partial charge in [0.2, 0.25) is 10.0 Å². The van der Waals surface area contributed by atoms with Crippen LogP contribution >= 0.6 is 0 Å². The molecule has 5 heteroatoms. The molecule has 1 spiro atoms. The minimum atomic E-state index is -3.35. The average molecular weight is 283 g/mol. The predicted octanol–water partition coefficient (Wildman–Crippen LogP) is 1.49. The maximum atomic E-state index is 12.4. The van der Waals surface area contributed by atoms with E-state index >= 15 is 0 Å². The Kier molecular flexibility index (Phi) is 2.59. The normalized spacial score (nSPS) is 45.7. The lowest BCUT2D eigenvalue weighted by Gasteiger charge is -2.36. The maximum absolute atomic E-state index is 12.4. The summed E-state index contributed by atoms with van der Waals surface area (Å²) in [4.78, 5) is 12.4. The van der Waals surface area contributed by atoms with Gasteiger partial charge in [-0.05, 0) is 37.2 Å². The number of allylic oxidation sites excluding steroid dienone is 2.